The molecule has 4 rings (SSSR count). The van der Waals surface area contributed by atoms with E-state index in [0.29, 0.717) is 17.2 Å². The normalized spacial score (nSPS) is 20.1. The van der Waals surface area contributed by atoms with Gasteiger partial charge in [-0.3, -0.25) is 9.69 Å². The highest BCUT2D eigenvalue weighted by atomic mass is 16.5. The number of urea groups is 1. The molecule has 3 aromatic rings. The Kier molecular flexibility index (Phi) is 3.42. The van der Waals surface area contributed by atoms with Crippen LogP contribution in [0.15, 0.2) is 63.7 Å². The minimum atomic E-state index is -1.22. The van der Waals surface area contributed by atoms with Crippen molar-refractivity contribution in [3.63, 3.8) is 0 Å². The van der Waals surface area contributed by atoms with E-state index in [0.717, 1.165) is 10.5 Å². The number of carbonyl (C=O) groups excluding carboxylic acids is 2. The molecule has 7 nitrogen and oxygen atoms in total. The first-order valence-electron chi connectivity index (χ1n) is 7.77. The minimum absolute atomic E-state index is 0.000792. The fraction of sp³-hybridized carbons (Fsp3) is 0.167. The summed E-state index contributed by atoms with van der Waals surface area (Å²) in [5.41, 5.74) is 0.328. The molecule has 0 radical (unpaired) electrons. The molecule has 126 valence electrons. The van der Waals surface area contributed by atoms with Crippen LogP contribution >= 0.6 is 0 Å². The molecule has 3 heterocycles. The second-order valence-corrected chi connectivity index (χ2v) is 5.97. The van der Waals surface area contributed by atoms with Crippen molar-refractivity contribution in [1.29, 1.82) is 0 Å². The number of aromatic nitrogens is 1. The van der Waals surface area contributed by atoms with Gasteiger partial charge >= 0.3 is 6.03 Å². The summed E-state index contributed by atoms with van der Waals surface area (Å²) in [5.74, 6) is 0.409. The van der Waals surface area contributed by atoms with Gasteiger partial charge in [0.2, 0.25) is 0 Å². The van der Waals surface area contributed by atoms with Crippen LogP contribution in [-0.2, 0) is 16.9 Å². The molecule has 1 saturated heterocycles. The zero-order valence-electron chi connectivity index (χ0n) is 13.4. The number of carbonyl (C=O) groups is 2. The molecule has 1 unspecified atom stereocenters. The van der Waals surface area contributed by atoms with Gasteiger partial charge < -0.3 is 14.3 Å². The van der Waals surface area contributed by atoms with Crippen molar-refractivity contribution < 1.29 is 18.5 Å². The van der Waals surface area contributed by atoms with Gasteiger partial charge in [0.05, 0.1) is 12.8 Å². The maximum Gasteiger partial charge on any atom is 0.325 e. The molecule has 1 aliphatic heterocycles. The number of benzene rings is 1. The van der Waals surface area contributed by atoms with Crippen LogP contribution < -0.4 is 5.32 Å². The Labute approximate surface area is 143 Å². The summed E-state index contributed by atoms with van der Waals surface area (Å²) in [6.07, 6.45) is 1.46. The van der Waals surface area contributed by atoms with Crippen molar-refractivity contribution in [2.24, 2.45) is 0 Å². The minimum Gasteiger partial charge on any atom is -0.466 e. The van der Waals surface area contributed by atoms with E-state index in [1.54, 1.807) is 25.1 Å². The van der Waals surface area contributed by atoms with Crippen LogP contribution in [-0.4, -0.2) is 22.0 Å². The number of furan rings is 1. The van der Waals surface area contributed by atoms with Gasteiger partial charge in [-0.2, -0.15) is 0 Å². The number of nitrogens with zero attached hydrogens (tertiary/aromatic N) is 2. The lowest BCUT2D eigenvalue weighted by Gasteiger charge is -2.18. The van der Waals surface area contributed by atoms with Crippen LogP contribution in [0.5, 0.6) is 0 Å². The molecule has 25 heavy (non-hydrogen) atoms. The van der Waals surface area contributed by atoms with Gasteiger partial charge in [0.15, 0.2) is 11.3 Å². The Morgan fingerprint density at radius 2 is 1.96 bits per heavy atom. The maximum atomic E-state index is 12.7. The Morgan fingerprint density at radius 3 is 2.68 bits per heavy atom. The van der Waals surface area contributed by atoms with E-state index < -0.39 is 17.5 Å². The van der Waals surface area contributed by atoms with Crippen LogP contribution in [0.25, 0.3) is 11.3 Å². The topological polar surface area (TPSA) is 88.6 Å². The van der Waals surface area contributed by atoms with E-state index >= 15 is 0 Å². The second-order valence-electron chi connectivity index (χ2n) is 5.97. The fourth-order valence-corrected chi connectivity index (χ4v) is 2.86. The lowest BCUT2D eigenvalue weighted by molar-refractivity contribution is -0.132. The van der Waals surface area contributed by atoms with Gasteiger partial charge in [-0.15, -0.1) is 0 Å². The number of hydrogen-bond donors (Lipinski definition) is 1. The molecule has 0 spiro atoms. The molecule has 7 heteroatoms. The van der Waals surface area contributed by atoms with Crippen molar-refractivity contribution in [3.05, 3.63) is 66.3 Å². The first kappa shape index (κ1) is 15.2. The van der Waals surface area contributed by atoms with E-state index in [2.05, 4.69) is 10.5 Å². The molecule has 2 aromatic heterocycles. The number of nitrogens with one attached hydrogen (secondary N) is 1. The van der Waals surface area contributed by atoms with Crippen molar-refractivity contribution in [3.8, 4) is 11.3 Å². The van der Waals surface area contributed by atoms with E-state index in [-0.39, 0.29) is 6.54 Å². The first-order valence-corrected chi connectivity index (χ1v) is 7.77. The Morgan fingerprint density at radius 1 is 1.16 bits per heavy atom. The van der Waals surface area contributed by atoms with Crippen LogP contribution in [0.1, 0.15) is 18.4 Å². The van der Waals surface area contributed by atoms with Gasteiger partial charge in [-0.05, 0) is 19.1 Å². The number of hydrogen-bond acceptors (Lipinski definition) is 5. The molecular formula is C18H15N3O4. The third kappa shape index (κ3) is 2.50. The molecule has 1 N–H and O–H groups in total. The van der Waals surface area contributed by atoms with Crippen LogP contribution in [0.4, 0.5) is 4.79 Å². The van der Waals surface area contributed by atoms with Crippen molar-refractivity contribution in [2.75, 3.05) is 0 Å². The third-order valence-corrected chi connectivity index (χ3v) is 4.23. The molecule has 1 aromatic carbocycles. The lowest BCUT2D eigenvalue weighted by Crippen LogP contribution is -2.40. The van der Waals surface area contributed by atoms with Gasteiger partial charge in [0, 0.05) is 11.6 Å². The fourth-order valence-electron chi connectivity index (χ4n) is 2.86. The van der Waals surface area contributed by atoms with Crippen molar-refractivity contribution in [1.82, 2.24) is 15.4 Å². The van der Waals surface area contributed by atoms with Crippen LogP contribution in [0, 0.1) is 0 Å². The summed E-state index contributed by atoms with van der Waals surface area (Å²) in [6, 6.07) is 14.1. The predicted octanol–water partition coefficient (Wildman–Crippen LogP) is 2.90. The van der Waals surface area contributed by atoms with E-state index in [1.165, 1.54) is 6.26 Å². The first-order chi connectivity index (χ1) is 12.1. The summed E-state index contributed by atoms with van der Waals surface area (Å²) < 4.78 is 10.6. The van der Waals surface area contributed by atoms with E-state index in [9.17, 15) is 9.59 Å². The zero-order valence-corrected chi connectivity index (χ0v) is 13.4. The summed E-state index contributed by atoms with van der Waals surface area (Å²) in [7, 11) is 0. The van der Waals surface area contributed by atoms with E-state index in [1.807, 2.05) is 30.3 Å². The van der Waals surface area contributed by atoms with Crippen molar-refractivity contribution in [2.45, 2.75) is 19.0 Å². The van der Waals surface area contributed by atoms with Gasteiger partial charge in [-0.25, -0.2) is 4.79 Å². The highest BCUT2D eigenvalue weighted by Gasteiger charge is 2.51. The smallest absolute Gasteiger partial charge is 0.325 e. The highest BCUT2D eigenvalue weighted by Crippen LogP contribution is 2.30. The number of rotatable bonds is 4. The highest BCUT2D eigenvalue weighted by molar-refractivity contribution is 6.06. The summed E-state index contributed by atoms with van der Waals surface area (Å²) in [5, 5.41) is 6.67. The standard InChI is InChI=1S/C18H15N3O4/c1-18(15-8-5-9-24-15)16(22)21(17(23)19-18)11-13-10-14(20-25-13)12-6-3-2-4-7-12/h2-10H,11H2,1H3,(H,19,23). The molecule has 0 bridgehead atoms. The van der Waals surface area contributed by atoms with Crippen LogP contribution in [0.2, 0.25) is 0 Å². The Bertz CT molecular complexity index is 917. The van der Waals surface area contributed by atoms with Gasteiger partial charge in [0.1, 0.15) is 11.5 Å². The van der Waals surface area contributed by atoms with Gasteiger partial charge in [-0.1, -0.05) is 35.5 Å². The number of imide groups is 1. The monoisotopic (exact) mass is 337 g/mol. The Balaban J connectivity index is 1.56. The molecule has 1 aliphatic rings. The quantitative estimate of drug-likeness (QED) is 0.740. The maximum absolute atomic E-state index is 12.7. The molecule has 0 saturated carbocycles. The second kappa shape index (κ2) is 5.62. The summed E-state index contributed by atoms with van der Waals surface area (Å²) in [6.45, 7) is 1.61. The van der Waals surface area contributed by atoms with E-state index in [4.69, 9.17) is 8.94 Å². The average molecular weight is 337 g/mol. The summed E-state index contributed by atoms with van der Waals surface area (Å²) in [4.78, 5) is 26.1. The predicted molar refractivity (Wildman–Crippen MR) is 87.1 cm³/mol. The zero-order chi connectivity index (χ0) is 17.4. The summed E-state index contributed by atoms with van der Waals surface area (Å²) >= 11 is 0. The Hall–Kier alpha value is -3.35. The molecule has 0 aliphatic carbocycles. The number of amides is 3. The molecular weight excluding hydrogens is 322 g/mol. The third-order valence-electron chi connectivity index (χ3n) is 4.23. The van der Waals surface area contributed by atoms with Crippen LogP contribution in [0.3, 0.4) is 0 Å². The average Bonchev–Trinajstić information content (AvgIpc) is 3.34. The molecule has 1 fully saturated rings. The largest absolute Gasteiger partial charge is 0.466 e. The molecule has 1 atom stereocenters. The SMILES string of the molecule is CC1(c2ccco2)NC(=O)N(Cc2cc(-c3ccccc3)no2)C1=O. The van der Waals surface area contributed by atoms with Crippen molar-refractivity contribution >= 4 is 11.9 Å². The van der Waals surface area contributed by atoms with Gasteiger partial charge in [0.25, 0.3) is 5.91 Å². The molecule has 3 amide bonds. The lowest BCUT2D eigenvalue weighted by atomic mass is 9.99.